The smallest absolute Gasteiger partial charge is 0.292 e. The molecule has 1 aliphatic heterocycles. The second-order valence-corrected chi connectivity index (χ2v) is 4.53. The summed E-state index contributed by atoms with van der Waals surface area (Å²) in [5.41, 5.74) is 1.71. The molecule has 1 saturated heterocycles. The van der Waals surface area contributed by atoms with Crippen molar-refractivity contribution in [3.63, 3.8) is 0 Å². The van der Waals surface area contributed by atoms with Gasteiger partial charge in [0.15, 0.2) is 0 Å². The van der Waals surface area contributed by atoms with E-state index in [0.29, 0.717) is 12.2 Å². The summed E-state index contributed by atoms with van der Waals surface area (Å²) in [6, 6.07) is 5.28. The first-order valence-corrected chi connectivity index (χ1v) is 5.72. The number of aliphatic hydroxyl groups is 1. The van der Waals surface area contributed by atoms with E-state index in [2.05, 4.69) is 0 Å². The normalized spacial score (nSPS) is 19.6. The molecular weight excluding hydrogens is 220 g/mol. The highest BCUT2D eigenvalue weighted by atomic mass is 16.6. The molecule has 0 amide bonds. The molecule has 0 bridgehead atoms. The summed E-state index contributed by atoms with van der Waals surface area (Å²) in [5.74, 6) is 0.232. The van der Waals surface area contributed by atoms with Gasteiger partial charge in [0.25, 0.3) is 5.69 Å². The molecule has 1 aliphatic rings. The molecule has 1 heterocycles. The van der Waals surface area contributed by atoms with Gasteiger partial charge in [0.1, 0.15) is 5.69 Å². The maximum Gasteiger partial charge on any atom is 0.292 e. The van der Waals surface area contributed by atoms with Crippen LogP contribution in [0.4, 0.5) is 11.4 Å². The Morgan fingerprint density at radius 1 is 1.59 bits per heavy atom. The molecule has 5 heteroatoms. The maximum absolute atomic E-state index is 11.0. The lowest BCUT2D eigenvalue weighted by Gasteiger charge is -2.18. The SMILES string of the molecule is Cc1ccc(N2CCC(CO)C2)c([N+](=O)[O-])c1. The molecule has 1 N–H and O–H groups in total. The molecule has 1 fully saturated rings. The molecular formula is C12H16N2O3. The van der Waals surface area contributed by atoms with Crippen molar-refractivity contribution in [2.75, 3.05) is 24.6 Å². The predicted octanol–water partition coefficient (Wildman–Crippen LogP) is 1.72. The van der Waals surface area contributed by atoms with E-state index in [-0.39, 0.29) is 23.1 Å². The number of rotatable bonds is 3. The van der Waals surface area contributed by atoms with Gasteiger partial charge in [-0.25, -0.2) is 0 Å². The molecule has 0 aliphatic carbocycles. The number of aryl methyl sites for hydroxylation is 1. The lowest BCUT2D eigenvalue weighted by Crippen LogP contribution is -2.21. The van der Waals surface area contributed by atoms with Crippen molar-refractivity contribution >= 4 is 11.4 Å². The van der Waals surface area contributed by atoms with Gasteiger partial charge in [0, 0.05) is 31.7 Å². The van der Waals surface area contributed by atoms with Crippen LogP contribution in [0.25, 0.3) is 0 Å². The van der Waals surface area contributed by atoms with Crippen LogP contribution in [-0.4, -0.2) is 29.7 Å². The lowest BCUT2D eigenvalue weighted by atomic mass is 10.1. The molecule has 92 valence electrons. The van der Waals surface area contributed by atoms with Gasteiger partial charge in [-0.2, -0.15) is 0 Å². The van der Waals surface area contributed by atoms with Crippen LogP contribution >= 0.6 is 0 Å². The Morgan fingerprint density at radius 2 is 2.35 bits per heavy atom. The Hall–Kier alpha value is -1.62. The Morgan fingerprint density at radius 3 is 2.94 bits per heavy atom. The van der Waals surface area contributed by atoms with Crippen molar-refractivity contribution in [3.8, 4) is 0 Å². The van der Waals surface area contributed by atoms with Gasteiger partial charge in [-0.3, -0.25) is 10.1 Å². The third-order valence-corrected chi connectivity index (χ3v) is 3.21. The Labute approximate surface area is 99.8 Å². The minimum absolute atomic E-state index is 0.149. The molecule has 2 rings (SSSR count). The number of nitro benzene ring substituents is 1. The summed E-state index contributed by atoms with van der Waals surface area (Å²) in [6.07, 6.45) is 0.890. The van der Waals surface area contributed by atoms with Crippen LogP contribution < -0.4 is 4.90 Å². The van der Waals surface area contributed by atoms with E-state index in [0.717, 1.165) is 18.5 Å². The average Bonchev–Trinajstić information content (AvgIpc) is 2.77. The quantitative estimate of drug-likeness (QED) is 0.641. The highest BCUT2D eigenvalue weighted by Gasteiger charge is 2.26. The molecule has 0 spiro atoms. The van der Waals surface area contributed by atoms with Gasteiger partial charge in [-0.05, 0) is 25.0 Å². The number of benzene rings is 1. The molecule has 1 aromatic carbocycles. The number of anilines is 1. The maximum atomic E-state index is 11.0. The molecule has 1 atom stereocenters. The Bertz CT molecular complexity index is 434. The van der Waals surface area contributed by atoms with Crippen molar-refractivity contribution in [1.29, 1.82) is 0 Å². The van der Waals surface area contributed by atoms with Crippen LogP contribution in [-0.2, 0) is 0 Å². The predicted molar refractivity (Wildman–Crippen MR) is 65.2 cm³/mol. The minimum Gasteiger partial charge on any atom is -0.396 e. The van der Waals surface area contributed by atoms with Gasteiger partial charge in [-0.15, -0.1) is 0 Å². The molecule has 0 aromatic heterocycles. The number of hydrogen-bond acceptors (Lipinski definition) is 4. The van der Waals surface area contributed by atoms with Crippen LogP contribution in [0.2, 0.25) is 0 Å². The zero-order chi connectivity index (χ0) is 12.4. The van der Waals surface area contributed by atoms with E-state index in [4.69, 9.17) is 5.11 Å². The van der Waals surface area contributed by atoms with Gasteiger partial charge >= 0.3 is 0 Å². The van der Waals surface area contributed by atoms with Crippen LogP contribution in [0, 0.1) is 23.0 Å². The van der Waals surface area contributed by atoms with Crippen molar-refractivity contribution in [1.82, 2.24) is 0 Å². The molecule has 17 heavy (non-hydrogen) atoms. The van der Waals surface area contributed by atoms with E-state index in [1.54, 1.807) is 12.1 Å². The summed E-state index contributed by atoms with van der Waals surface area (Å²) in [7, 11) is 0. The van der Waals surface area contributed by atoms with Crippen LogP contribution in [0.1, 0.15) is 12.0 Å². The third kappa shape index (κ3) is 2.39. The van der Waals surface area contributed by atoms with E-state index in [1.165, 1.54) is 0 Å². The second kappa shape index (κ2) is 4.71. The zero-order valence-corrected chi connectivity index (χ0v) is 9.80. The van der Waals surface area contributed by atoms with E-state index in [9.17, 15) is 10.1 Å². The molecule has 5 nitrogen and oxygen atoms in total. The van der Waals surface area contributed by atoms with Crippen molar-refractivity contribution in [2.24, 2.45) is 5.92 Å². The standard InChI is InChI=1S/C12H16N2O3/c1-9-2-3-11(12(6-9)14(16)17)13-5-4-10(7-13)8-15/h2-3,6,10,15H,4-5,7-8H2,1H3. The largest absolute Gasteiger partial charge is 0.396 e. The lowest BCUT2D eigenvalue weighted by molar-refractivity contribution is -0.384. The number of hydrogen-bond donors (Lipinski definition) is 1. The first kappa shape index (κ1) is 11.9. The molecule has 1 aromatic rings. The van der Waals surface area contributed by atoms with Crippen LogP contribution in [0.15, 0.2) is 18.2 Å². The fraction of sp³-hybridized carbons (Fsp3) is 0.500. The van der Waals surface area contributed by atoms with E-state index >= 15 is 0 Å². The fourth-order valence-corrected chi connectivity index (χ4v) is 2.25. The summed E-state index contributed by atoms with van der Waals surface area (Å²) in [6.45, 7) is 3.46. The van der Waals surface area contributed by atoms with Crippen molar-refractivity contribution in [2.45, 2.75) is 13.3 Å². The van der Waals surface area contributed by atoms with Gasteiger partial charge in [0.2, 0.25) is 0 Å². The van der Waals surface area contributed by atoms with Gasteiger partial charge < -0.3 is 10.0 Å². The Balaban J connectivity index is 2.29. The average molecular weight is 236 g/mol. The number of nitrogens with zero attached hydrogens (tertiary/aromatic N) is 2. The number of aliphatic hydroxyl groups excluding tert-OH is 1. The molecule has 0 saturated carbocycles. The Kier molecular flexibility index (Phi) is 3.28. The molecule has 1 unspecified atom stereocenters. The third-order valence-electron chi connectivity index (χ3n) is 3.21. The monoisotopic (exact) mass is 236 g/mol. The minimum atomic E-state index is -0.339. The summed E-state index contributed by atoms with van der Waals surface area (Å²) in [4.78, 5) is 12.7. The van der Waals surface area contributed by atoms with Gasteiger partial charge in [0.05, 0.1) is 4.92 Å². The van der Waals surface area contributed by atoms with Crippen LogP contribution in [0.5, 0.6) is 0 Å². The van der Waals surface area contributed by atoms with E-state index < -0.39 is 0 Å². The van der Waals surface area contributed by atoms with E-state index in [1.807, 2.05) is 17.9 Å². The second-order valence-electron chi connectivity index (χ2n) is 4.53. The fourth-order valence-electron chi connectivity index (χ4n) is 2.25. The first-order valence-electron chi connectivity index (χ1n) is 5.72. The summed E-state index contributed by atoms with van der Waals surface area (Å²) >= 11 is 0. The summed E-state index contributed by atoms with van der Waals surface area (Å²) in [5, 5.41) is 20.1. The van der Waals surface area contributed by atoms with Gasteiger partial charge in [-0.1, -0.05) is 6.07 Å². The van der Waals surface area contributed by atoms with Crippen molar-refractivity contribution in [3.05, 3.63) is 33.9 Å². The number of nitro groups is 1. The first-order chi connectivity index (χ1) is 8.11. The zero-order valence-electron chi connectivity index (χ0n) is 9.80. The topological polar surface area (TPSA) is 66.6 Å². The van der Waals surface area contributed by atoms with Crippen LogP contribution in [0.3, 0.4) is 0 Å². The summed E-state index contributed by atoms with van der Waals surface area (Å²) < 4.78 is 0. The highest BCUT2D eigenvalue weighted by Crippen LogP contribution is 2.32. The highest BCUT2D eigenvalue weighted by molar-refractivity contribution is 5.64. The van der Waals surface area contributed by atoms with Crippen molar-refractivity contribution < 1.29 is 10.0 Å². The molecule has 0 radical (unpaired) electrons.